The van der Waals surface area contributed by atoms with Gasteiger partial charge in [0.05, 0.1) is 6.26 Å². The van der Waals surface area contributed by atoms with Crippen molar-refractivity contribution < 1.29 is 9.52 Å². The minimum atomic E-state index is -0.903. The fraction of sp³-hybridized carbons (Fsp3) is 0.143. The molecule has 2 heteroatoms. The SMILES string of the molecule is C#CC(O)c1ccco1. The molecular weight excluding hydrogens is 116 g/mol. The largest absolute Gasteiger partial charge is 0.466 e. The zero-order valence-electron chi connectivity index (χ0n) is 4.74. The lowest BCUT2D eigenvalue weighted by atomic mass is 10.3. The lowest BCUT2D eigenvalue weighted by Crippen LogP contribution is -1.88. The molecule has 0 aliphatic carbocycles. The van der Waals surface area contributed by atoms with E-state index in [1.807, 2.05) is 0 Å². The second-order valence-electron chi connectivity index (χ2n) is 1.58. The Morgan fingerprint density at radius 3 is 3.00 bits per heavy atom. The summed E-state index contributed by atoms with van der Waals surface area (Å²) >= 11 is 0. The fourth-order valence-electron chi connectivity index (χ4n) is 0.529. The highest BCUT2D eigenvalue weighted by molar-refractivity contribution is 5.11. The van der Waals surface area contributed by atoms with Crippen LogP contribution in [0.4, 0.5) is 0 Å². The average Bonchev–Trinajstić information content (AvgIpc) is 2.37. The Morgan fingerprint density at radius 1 is 1.78 bits per heavy atom. The molecule has 1 atom stereocenters. The Balaban J connectivity index is 2.80. The lowest BCUT2D eigenvalue weighted by molar-refractivity contribution is 0.206. The van der Waals surface area contributed by atoms with Crippen molar-refractivity contribution in [1.82, 2.24) is 0 Å². The highest BCUT2D eigenvalue weighted by Crippen LogP contribution is 2.10. The second-order valence-corrected chi connectivity index (χ2v) is 1.58. The molecule has 0 amide bonds. The Bertz CT molecular complexity index is 205. The van der Waals surface area contributed by atoms with Crippen LogP contribution in [0.5, 0.6) is 0 Å². The highest BCUT2D eigenvalue weighted by atomic mass is 16.4. The van der Waals surface area contributed by atoms with Crippen molar-refractivity contribution >= 4 is 0 Å². The quantitative estimate of drug-likeness (QED) is 0.562. The number of hydrogen-bond donors (Lipinski definition) is 1. The van der Waals surface area contributed by atoms with E-state index in [4.69, 9.17) is 15.9 Å². The lowest BCUT2D eigenvalue weighted by Gasteiger charge is -1.94. The molecular formula is C7H6O2. The van der Waals surface area contributed by atoms with E-state index in [0.29, 0.717) is 5.76 Å². The van der Waals surface area contributed by atoms with Crippen LogP contribution >= 0.6 is 0 Å². The van der Waals surface area contributed by atoms with Gasteiger partial charge in [-0.15, -0.1) is 6.42 Å². The number of rotatable bonds is 1. The fourth-order valence-corrected chi connectivity index (χ4v) is 0.529. The van der Waals surface area contributed by atoms with Gasteiger partial charge in [-0.05, 0) is 12.1 Å². The zero-order chi connectivity index (χ0) is 6.69. The van der Waals surface area contributed by atoms with Crippen LogP contribution in [0.25, 0.3) is 0 Å². The number of hydrogen-bond acceptors (Lipinski definition) is 2. The van der Waals surface area contributed by atoms with Crippen LogP contribution in [0.3, 0.4) is 0 Å². The molecule has 0 aromatic carbocycles. The number of furan rings is 1. The van der Waals surface area contributed by atoms with Crippen LogP contribution in [0.15, 0.2) is 22.8 Å². The molecule has 9 heavy (non-hydrogen) atoms. The van der Waals surface area contributed by atoms with Gasteiger partial charge in [0.25, 0.3) is 0 Å². The molecule has 1 unspecified atom stereocenters. The summed E-state index contributed by atoms with van der Waals surface area (Å²) in [4.78, 5) is 0. The van der Waals surface area contributed by atoms with Gasteiger partial charge in [0.2, 0.25) is 0 Å². The van der Waals surface area contributed by atoms with E-state index in [0.717, 1.165) is 0 Å². The third-order valence-corrected chi connectivity index (χ3v) is 0.971. The molecule has 0 fully saturated rings. The van der Waals surface area contributed by atoms with Crippen molar-refractivity contribution in [3.63, 3.8) is 0 Å². The smallest absolute Gasteiger partial charge is 0.172 e. The van der Waals surface area contributed by atoms with Crippen molar-refractivity contribution in [2.24, 2.45) is 0 Å². The molecule has 1 rings (SSSR count). The topological polar surface area (TPSA) is 33.4 Å². The summed E-state index contributed by atoms with van der Waals surface area (Å²) in [5.74, 6) is 2.54. The summed E-state index contributed by atoms with van der Waals surface area (Å²) in [6, 6.07) is 3.31. The van der Waals surface area contributed by atoms with Gasteiger partial charge < -0.3 is 9.52 Å². The van der Waals surface area contributed by atoms with Crippen molar-refractivity contribution in [2.75, 3.05) is 0 Å². The summed E-state index contributed by atoms with van der Waals surface area (Å²) in [6.07, 6.45) is 5.47. The van der Waals surface area contributed by atoms with E-state index in [1.165, 1.54) is 6.26 Å². The van der Waals surface area contributed by atoms with E-state index in [-0.39, 0.29) is 0 Å². The van der Waals surface area contributed by atoms with Crippen molar-refractivity contribution in [1.29, 1.82) is 0 Å². The van der Waals surface area contributed by atoms with Gasteiger partial charge in [-0.25, -0.2) is 0 Å². The predicted octanol–water partition coefficient (Wildman–Crippen LogP) is 0.946. The molecule has 0 bridgehead atoms. The summed E-state index contributed by atoms with van der Waals surface area (Å²) < 4.78 is 4.79. The van der Waals surface area contributed by atoms with Crippen LogP contribution in [0.1, 0.15) is 11.9 Å². The van der Waals surface area contributed by atoms with Gasteiger partial charge in [0, 0.05) is 0 Å². The van der Waals surface area contributed by atoms with E-state index >= 15 is 0 Å². The first-order valence-corrected chi connectivity index (χ1v) is 2.52. The first-order chi connectivity index (χ1) is 4.34. The molecule has 0 radical (unpaired) electrons. The molecule has 1 heterocycles. The molecule has 2 nitrogen and oxygen atoms in total. The summed E-state index contributed by atoms with van der Waals surface area (Å²) in [5, 5.41) is 8.89. The first-order valence-electron chi connectivity index (χ1n) is 2.52. The maximum atomic E-state index is 8.89. The van der Waals surface area contributed by atoms with Crippen LogP contribution < -0.4 is 0 Å². The Hall–Kier alpha value is -1.20. The normalized spacial score (nSPS) is 12.4. The van der Waals surface area contributed by atoms with Crippen LogP contribution in [0, 0.1) is 12.3 Å². The van der Waals surface area contributed by atoms with Crippen molar-refractivity contribution in [3.8, 4) is 12.3 Å². The maximum Gasteiger partial charge on any atom is 0.172 e. The molecule has 1 aromatic rings. The van der Waals surface area contributed by atoms with Crippen molar-refractivity contribution in [2.45, 2.75) is 6.10 Å². The molecule has 0 saturated heterocycles. The minimum absolute atomic E-state index is 0.414. The van der Waals surface area contributed by atoms with Gasteiger partial charge in [-0.1, -0.05) is 5.92 Å². The van der Waals surface area contributed by atoms with Gasteiger partial charge in [-0.2, -0.15) is 0 Å². The Labute approximate surface area is 53.1 Å². The van der Waals surface area contributed by atoms with Gasteiger partial charge >= 0.3 is 0 Å². The van der Waals surface area contributed by atoms with Crippen LogP contribution in [-0.4, -0.2) is 5.11 Å². The Morgan fingerprint density at radius 2 is 2.56 bits per heavy atom. The Kier molecular flexibility index (Phi) is 1.57. The summed E-state index contributed by atoms with van der Waals surface area (Å²) in [5.41, 5.74) is 0. The van der Waals surface area contributed by atoms with E-state index in [1.54, 1.807) is 12.1 Å². The number of aliphatic hydroxyl groups is 1. The summed E-state index contributed by atoms with van der Waals surface area (Å²) in [6.45, 7) is 0. The number of aliphatic hydroxyl groups excluding tert-OH is 1. The minimum Gasteiger partial charge on any atom is -0.466 e. The van der Waals surface area contributed by atoms with Gasteiger partial charge in [-0.3, -0.25) is 0 Å². The molecule has 0 aliphatic heterocycles. The van der Waals surface area contributed by atoms with Gasteiger partial charge in [0.1, 0.15) is 5.76 Å². The van der Waals surface area contributed by atoms with E-state index in [2.05, 4.69) is 5.92 Å². The molecule has 1 N–H and O–H groups in total. The van der Waals surface area contributed by atoms with E-state index in [9.17, 15) is 0 Å². The predicted molar refractivity (Wildman–Crippen MR) is 32.5 cm³/mol. The molecule has 0 saturated carbocycles. The third-order valence-electron chi connectivity index (χ3n) is 0.971. The molecule has 0 spiro atoms. The maximum absolute atomic E-state index is 8.89. The second kappa shape index (κ2) is 2.38. The first kappa shape index (κ1) is 5.93. The monoisotopic (exact) mass is 122 g/mol. The third kappa shape index (κ3) is 1.13. The van der Waals surface area contributed by atoms with Crippen molar-refractivity contribution in [3.05, 3.63) is 24.2 Å². The van der Waals surface area contributed by atoms with Crippen LogP contribution in [0.2, 0.25) is 0 Å². The zero-order valence-corrected chi connectivity index (χ0v) is 4.74. The number of terminal acetylenes is 1. The van der Waals surface area contributed by atoms with E-state index < -0.39 is 6.10 Å². The summed E-state index contributed by atoms with van der Waals surface area (Å²) in [7, 11) is 0. The van der Waals surface area contributed by atoms with Gasteiger partial charge in [0.15, 0.2) is 6.10 Å². The molecule has 1 aromatic heterocycles. The van der Waals surface area contributed by atoms with Crippen LogP contribution in [-0.2, 0) is 0 Å². The molecule has 0 aliphatic rings. The molecule has 46 valence electrons. The standard InChI is InChI=1S/C7H6O2/c1-2-6(8)7-4-3-5-9-7/h1,3-6,8H. The average molecular weight is 122 g/mol. The highest BCUT2D eigenvalue weighted by Gasteiger charge is 2.03.